The average Bonchev–Trinajstić information content (AvgIpc) is 3.31. The molecule has 0 radical (unpaired) electrons. The molecule has 6 heterocycles. The van der Waals surface area contributed by atoms with Crippen molar-refractivity contribution in [1.29, 1.82) is 5.26 Å². The number of thiophene rings is 1. The molecule has 236 valence electrons. The number of nitrogens with two attached hydrogens (primary N) is 1. The van der Waals surface area contributed by atoms with Gasteiger partial charge in [-0.25, -0.2) is 9.37 Å². The van der Waals surface area contributed by atoms with Crippen LogP contribution in [0.5, 0.6) is 5.88 Å². The molecule has 1 aromatic carbocycles. The van der Waals surface area contributed by atoms with Crippen LogP contribution in [-0.2, 0) is 11.3 Å². The van der Waals surface area contributed by atoms with E-state index < -0.39 is 0 Å². The lowest BCUT2D eigenvalue weighted by molar-refractivity contribution is -0.0740. The normalized spacial score (nSPS) is 26.0. The summed E-state index contributed by atoms with van der Waals surface area (Å²) < 4.78 is 29.6. The fourth-order valence-electron chi connectivity index (χ4n) is 7.54. The maximum atomic E-state index is 14.7. The molecule has 8 rings (SSSR count). The van der Waals surface area contributed by atoms with Crippen molar-refractivity contribution in [1.82, 2.24) is 29.7 Å². The SMILES string of the molecule is C[C@@H]1CN(CC2(COc3nc(N4C[C@H]5CC[C@@H](C4)N5)nc4c3ncn4Cc3ccc(F)c4sc(N)c(C#N)c34)CC2)C[C@H](C)O1. The number of nitrogens with one attached hydrogen (secondary N) is 1. The lowest BCUT2D eigenvalue weighted by atomic mass is 10.1. The number of hydrogen-bond donors (Lipinski definition) is 2. The number of nitrogens with zero attached hydrogens (tertiary/aromatic N) is 7. The van der Waals surface area contributed by atoms with Gasteiger partial charge in [-0.1, -0.05) is 6.07 Å². The summed E-state index contributed by atoms with van der Waals surface area (Å²) in [5, 5.41) is 14.4. The molecule has 0 unspecified atom stereocenters. The van der Waals surface area contributed by atoms with Gasteiger partial charge < -0.3 is 30.0 Å². The van der Waals surface area contributed by atoms with Crippen molar-refractivity contribution in [3.8, 4) is 11.9 Å². The summed E-state index contributed by atoms with van der Waals surface area (Å²) in [6.07, 6.45) is 6.73. The van der Waals surface area contributed by atoms with Crippen LogP contribution in [0.2, 0.25) is 0 Å². The van der Waals surface area contributed by atoms with E-state index in [2.05, 4.69) is 35.0 Å². The number of anilines is 2. The lowest BCUT2D eigenvalue weighted by Crippen LogP contribution is -2.51. The fraction of sp³-hybridized carbons (Fsp3) is 0.562. The minimum Gasteiger partial charge on any atom is -0.475 e. The van der Waals surface area contributed by atoms with Crippen LogP contribution in [-0.4, -0.2) is 88.0 Å². The molecular formula is C32H38FN9O2S. The Kier molecular flexibility index (Phi) is 7.09. The van der Waals surface area contributed by atoms with Crippen LogP contribution < -0.4 is 20.7 Å². The van der Waals surface area contributed by atoms with Gasteiger partial charge in [0.2, 0.25) is 11.8 Å². The van der Waals surface area contributed by atoms with E-state index in [1.165, 1.54) is 6.07 Å². The first-order valence-corrected chi connectivity index (χ1v) is 16.7. The Bertz CT molecular complexity index is 1790. The number of nitrogen functional groups attached to an aromatic ring is 1. The maximum Gasteiger partial charge on any atom is 0.247 e. The molecule has 11 nitrogen and oxygen atoms in total. The molecule has 4 aromatic rings. The number of rotatable bonds is 8. The van der Waals surface area contributed by atoms with Crippen molar-refractivity contribution in [2.75, 3.05) is 50.0 Å². The second kappa shape index (κ2) is 11.0. The van der Waals surface area contributed by atoms with E-state index in [1.54, 1.807) is 12.4 Å². The molecule has 3 aromatic heterocycles. The molecule has 3 N–H and O–H groups in total. The molecule has 3 saturated heterocycles. The van der Waals surface area contributed by atoms with E-state index in [0.717, 1.165) is 75.3 Å². The molecule has 13 heteroatoms. The lowest BCUT2D eigenvalue weighted by Gasteiger charge is -2.37. The van der Waals surface area contributed by atoms with Crippen molar-refractivity contribution < 1.29 is 13.9 Å². The van der Waals surface area contributed by atoms with Crippen molar-refractivity contribution >= 4 is 43.5 Å². The number of nitriles is 1. The van der Waals surface area contributed by atoms with E-state index in [-0.39, 0.29) is 23.4 Å². The minimum atomic E-state index is -0.383. The van der Waals surface area contributed by atoms with E-state index in [9.17, 15) is 9.65 Å². The Morgan fingerprint density at radius 1 is 1.16 bits per heavy atom. The van der Waals surface area contributed by atoms with Gasteiger partial charge in [-0.2, -0.15) is 15.2 Å². The molecule has 4 atom stereocenters. The zero-order valence-corrected chi connectivity index (χ0v) is 26.4. The van der Waals surface area contributed by atoms with Gasteiger partial charge >= 0.3 is 0 Å². The number of hydrogen-bond acceptors (Lipinski definition) is 11. The first-order chi connectivity index (χ1) is 21.8. The van der Waals surface area contributed by atoms with E-state index in [1.807, 2.05) is 4.57 Å². The molecule has 0 amide bonds. The van der Waals surface area contributed by atoms with Crippen LogP contribution in [0.4, 0.5) is 15.3 Å². The van der Waals surface area contributed by atoms with Gasteiger partial charge in [0.1, 0.15) is 16.9 Å². The van der Waals surface area contributed by atoms with Gasteiger partial charge in [0, 0.05) is 55.6 Å². The Balaban J connectivity index is 1.13. The number of halogens is 1. The molecule has 1 aliphatic carbocycles. The van der Waals surface area contributed by atoms with Crippen molar-refractivity contribution in [3.63, 3.8) is 0 Å². The summed E-state index contributed by atoms with van der Waals surface area (Å²) in [5.74, 6) is 0.752. The minimum absolute atomic E-state index is 0.0945. The van der Waals surface area contributed by atoms with E-state index in [0.29, 0.717) is 68.9 Å². The number of imidazole rings is 1. The third kappa shape index (κ3) is 5.37. The number of aromatic nitrogens is 4. The standard InChI is InChI=1S/C32H38FN9O2S/c1-18-10-40(11-19(2)44-18)15-32(7-8-32)16-43-30-26-29(38-31(39-30)41-13-21-4-5-22(14-41)37-21)42(17-36-26)12-20-3-6-24(33)27-25(20)23(9-34)28(35)45-27/h3,6,17-19,21-22,37H,4-5,7-8,10-16,35H2,1-2H3/t18-,19+,21-,22+. The first kappa shape index (κ1) is 28.9. The number of fused-ring (bicyclic) bond motifs is 4. The highest BCUT2D eigenvalue weighted by atomic mass is 32.1. The second-order valence-electron chi connectivity index (χ2n) is 13.5. The van der Waals surface area contributed by atoms with E-state index in [4.69, 9.17) is 30.2 Å². The van der Waals surface area contributed by atoms with Crippen LogP contribution in [0.1, 0.15) is 50.7 Å². The molecule has 45 heavy (non-hydrogen) atoms. The predicted octanol–water partition coefficient (Wildman–Crippen LogP) is 3.89. The topological polar surface area (TPSA) is 130 Å². The van der Waals surface area contributed by atoms with Crippen molar-refractivity contribution in [2.24, 2.45) is 5.41 Å². The van der Waals surface area contributed by atoms with Crippen molar-refractivity contribution in [3.05, 3.63) is 35.4 Å². The predicted molar refractivity (Wildman–Crippen MR) is 171 cm³/mol. The summed E-state index contributed by atoms with van der Waals surface area (Å²) in [5.41, 5.74) is 8.55. The van der Waals surface area contributed by atoms with Gasteiger partial charge in [0.25, 0.3) is 0 Å². The number of morpholine rings is 1. The zero-order valence-electron chi connectivity index (χ0n) is 25.6. The van der Waals surface area contributed by atoms with Crippen molar-refractivity contribution in [2.45, 2.75) is 70.4 Å². The third-order valence-corrected chi connectivity index (χ3v) is 10.8. The molecule has 1 saturated carbocycles. The molecule has 0 spiro atoms. The van der Waals surface area contributed by atoms with Crippen LogP contribution in [0.25, 0.3) is 21.3 Å². The monoisotopic (exact) mass is 631 g/mol. The molecule has 3 aliphatic heterocycles. The molecule has 4 aliphatic rings. The van der Waals surface area contributed by atoms with Gasteiger partial charge in [0.15, 0.2) is 11.2 Å². The summed E-state index contributed by atoms with van der Waals surface area (Å²) in [7, 11) is 0. The van der Waals surface area contributed by atoms with Gasteiger partial charge in [-0.05, 0) is 51.2 Å². The summed E-state index contributed by atoms with van der Waals surface area (Å²) in [6, 6.07) is 6.17. The Morgan fingerprint density at radius 2 is 1.91 bits per heavy atom. The Morgan fingerprint density at radius 3 is 2.62 bits per heavy atom. The number of piperazine rings is 1. The highest BCUT2D eigenvalue weighted by Gasteiger charge is 2.46. The maximum absolute atomic E-state index is 14.7. The highest BCUT2D eigenvalue weighted by Crippen LogP contribution is 2.47. The average molecular weight is 632 g/mol. The summed E-state index contributed by atoms with van der Waals surface area (Å²) >= 11 is 1.10. The molecular weight excluding hydrogens is 593 g/mol. The zero-order chi connectivity index (χ0) is 30.9. The summed E-state index contributed by atoms with van der Waals surface area (Å²) in [6.45, 7) is 9.72. The summed E-state index contributed by atoms with van der Waals surface area (Å²) in [4.78, 5) is 19.5. The van der Waals surface area contributed by atoms with Gasteiger partial charge in [0.05, 0.1) is 42.0 Å². The molecule has 4 fully saturated rings. The second-order valence-corrected chi connectivity index (χ2v) is 14.6. The smallest absolute Gasteiger partial charge is 0.247 e. The van der Waals surface area contributed by atoms with Gasteiger partial charge in [-0.15, -0.1) is 11.3 Å². The van der Waals surface area contributed by atoms with Crippen LogP contribution in [0.3, 0.4) is 0 Å². The fourth-order valence-corrected chi connectivity index (χ4v) is 8.51. The Labute approximate surface area is 265 Å². The van der Waals surface area contributed by atoms with Gasteiger partial charge in [-0.3, -0.25) is 4.90 Å². The Hall–Kier alpha value is -3.57. The van der Waals surface area contributed by atoms with Crippen LogP contribution >= 0.6 is 11.3 Å². The number of ether oxygens (including phenoxy) is 2. The third-order valence-electron chi connectivity index (χ3n) is 9.80. The quantitative estimate of drug-likeness (QED) is 0.295. The highest BCUT2D eigenvalue weighted by molar-refractivity contribution is 7.23. The number of benzene rings is 1. The van der Waals surface area contributed by atoms with Crippen LogP contribution in [0, 0.1) is 22.6 Å². The first-order valence-electron chi connectivity index (χ1n) is 15.9. The molecule has 2 bridgehead atoms. The largest absolute Gasteiger partial charge is 0.475 e. The van der Waals surface area contributed by atoms with Crippen LogP contribution in [0.15, 0.2) is 18.5 Å². The van der Waals surface area contributed by atoms with E-state index >= 15 is 0 Å².